The Hall–Kier alpha value is -4.95. The highest BCUT2D eigenvalue weighted by Gasteiger charge is 2.35. The monoisotopic (exact) mass is 547 g/mol. The number of anilines is 1. The van der Waals surface area contributed by atoms with Crippen molar-refractivity contribution in [2.45, 2.75) is 18.0 Å². The first-order valence-electron chi connectivity index (χ1n) is 12.7. The molecule has 6 rings (SSSR count). The summed E-state index contributed by atoms with van der Waals surface area (Å²) in [7, 11) is -3.66. The van der Waals surface area contributed by atoms with Gasteiger partial charge in [0.05, 0.1) is 23.3 Å². The number of hydrogen-bond donors (Lipinski definition) is 1. The van der Waals surface area contributed by atoms with Gasteiger partial charge in [-0.2, -0.15) is 5.10 Å². The molecule has 8 heteroatoms. The second kappa shape index (κ2) is 10.7. The van der Waals surface area contributed by atoms with Crippen molar-refractivity contribution in [1.29, 1.82) is 0 Å². The average Bonchev–Trinajstić information content (AvgIpc) is 3.20. The molecule has 0 fully saturated rings. The lowest BCUT2D eigenvalue weighted by Gasteiger charge is -2.19. The maximum Gasteiger partial charge on any atom is 0.271 e. The predicted octanol–water partition coefficient (Wildman–Crippen LogP) is 5.89. The third-order valence-electron chi connectivity index (χ3n) is 6.71. The van der Waals surface area contributed by atoms with E-state index in [2.05, 4.69) is 10.5 Å². The lowest BCUT2D eigenvalue weighted by Crippen LogP contribution is -2.26. The fraction of sp³-hybridized carbons (Fsp3) is 0.0625. The molecule has 0 spiro atoms. The third kappa shape index (κ3) is 5.04. The number of rotatable bonds is 8. The van der Waals surface area contributed by atoms with Crippen LogP contribution in [-0.2, 0) is 23.2 Å². The van der Waals surface area contributed by atoms with Gasteiger partial charge < -0.3 is 4.74 Å². The Morgan fingerprint density at radius 2 is 1.57 bits per heavy atom. The molecule has 0 aliphatic carbocycles. The summed E-state index contributed by atoms with van der Waals surface area (Å²) in [6, 6.07) is 35.1. The van der Waals surface area contributed by atoms with Gasteiger partial charge in [-0.15, -0.1) is 0 Å². The van der Waals surface area contributed by atoms with Gasteiger partial charge in [0, 0.05) is 10.9 Å². The van der Waals surface area contributed by atoms with Gasteiger partial charge in [0.25, 0.3) is 15.9 Å². The fourth-order valence-electron chi connectivity index (χ4n) is 4.71. The van der Waals surface area contributed by atoms with Crippen LogP contribution in [0.15, 0.2) is 125 Å². The summed E-state index contributed by atoms with van der Waals surface area (Å²) in [4.78, 5) is 13.0. The number of nitrogens with zero attached hydrogens (tertiary/aromatic N) is 2. The Morgan fingerprint density at radius 1 is 0.825 bits per heavy atom. The molecule has 7 nitrogen and oxygen atoms in total. The van der Waals surface area contributed by atoms with Crippen molar-refractivity contribution in [2.24, 2.45) is 5.10 Å². The zero-order valence-electron chi connectivity index (χ0n) is 21.4. The Labute approximate surface area is 232 Å². The standard InChI is InChI=1S/C32H25N3O4S/c36-32(34-33-20-25-9-4-12-28(19-25)39-22-24-7-2-1-3-8-24)27-17-15-23(16-18-27)21-35-29-13-5-10-26-11-6-14-30(31(26)29)40(35,37)38/h1-20H,21-22H2,(H,34,36)/b33-20+. The van der Waals surface area contributed by atoms with Crippen molar-refractivity contribution < 1.29 is 17.9 Å². The molecule has 40 heavy (non-hydrogen) atoms. The molecule has 0 saturated carbocycles. The number of carbonyl (C=O) groups excluding carboxylic acids is 1. The number of ether oxygens (including phenoxy) is 1. The summed E-state index contributed by atoms with van der Waals surface area (Å²) in [5.41, 5.74) is 6.24. The van der Waals surface area contributed by atoms with Crippen LogP contribution in [0, 0.1) is 0 Å². The van der Waals surface area contributed by atoms with Crippen LogP contribution in [-0.4, -0.2) is 20.5 Å². The first-order chi connectivity index (χ1) is 19.5. The largest absolute Gasteiger partial charge is 0.489 e. The number of amides is 1. The zero-order valence-corrected chi connectivity index (χ0v) is 22.2. The molecule has 198 valence electrons. The quantitative estimate of drug-likeness (QED) is 0.194. The molecular weight excluding hydrogens is 522 g/mol. The van der Waals surface area contributed by atoms with E-state index in [0.717, 1.165) is 27.5 Å². The summed E-state index contributed by atoms with van der Waals surface area (Å²) in [6.07, 6.45) is 1.55. The van der Waals surface area contributed by atoms with Crippen LogP contribution >= 0.6 is 0 Å². The van der Waals surface area contributed by atoms with E-state index in [4.69, 9.17) is 4.74 Å². The van der Waals surface area contributed by atoms with E-state index in [9.17, 15) is 13.2 Å². The molecular formula is C32H25N3O4S. The predicted molar refractivity (Wildman–Crippen MR) is 156 cm³/mol. The minimum absolute atomic E-state index is 0.166. The molecule has 1 aliphatic heterocycles. The summed E-state index contributed by atoms with van der Waals surface area (Å²) in [5, 5.41) is 5.71. The van der Waals surface area contributed by atoms with Crippen molar-refractivity contribution in [3.63, 3.8) is 0 Å². The molecule has 0 saturated heterocycles. The van der Waals surface area contributed by atoms with E-state index in [1.165, 1.54) is 4.31 Å². The highest BCUT2D eigenvalue weighted by atomic mass is 32.2. The van der Waals surface area contributed by atoms with E-state index in [1.807, 2.05) is 78.9 Å². The summed E-state index contributed by atoms with van der Waals surface area (Å²) in [5.74, 6) is 0.333. The molecule has 1 N–H and O–H groups in total. The lowest BCUT2D eigenvalue weighted by atomic mass is 10.1. The van der Waals surface area contributed by atoms with E-state index < -0.39 is 10.0 Å². The van der Waals surface area contributed by atoms with Crippen LogP contribution < -0.4 is 14.5 Å². The topological polar surface area (TPSA) is 88.1 Å². The molecule has 0 atom stereocenters. The van der Waals surface area contributed by atoms with Crippen LogP contribution in [0.4, 0.5) is 5.69 Å². The van der Waals surface area contributed by atoms with Crippen molar-refractivity contribution in [2.75, 3.05) is 4.31 Å². The van der Waals surface area contributed by atoms with Gasteiger partial charge >= 0.3 is 0 Å². The average molecular weight is 548 g/mol. The van der Waals surface area contributed by atoms with Crippen LogP contribution in [0.25, 0.3) is 10.8 Å². The second-order valence-corrected chi connectivity index (χ2v) is 11.2. The number of hydrogen-bond acceptors (Lipinski definition) is 5. The first-order valence-corrected chi connectivity index (χ1v) is 14.2. The maximum atomic E-state index is 13.2. The Bertz CT molecular complexity index is 1830. The smallest absolute Gasteiger partial charge is 0.271 e. The van der Waals surface area contributed by atoms with Crippen LogP contribution in [0.2, 0.25) is 0 Å². The zero-order chi connectivity index (χ0) is 27.5. The second-order valence-electron chi connectivity index (χ2n) is 9.39. The van der Waals surface area contributed by atoms with Crippen molar-refractivity contribution in [3.8, 4) is 5.75 Å². The fourth-order valence-corrected chi connectivity index (χ4v) is 6.41. The molecule has 5 aromatic rings. The highest BCUT2D eigenvalue weighted by molar-refractivity contribution is 7.93. The number of nitrogens with one attached hydrogen (secondary N) is 1. The minimum Gasteiger partial charge on any atom is -0.489 e. The number of sulfonamides is 1. The maximum absolute atomic E-state index is 13.2. The molecule has 5 aromatic carbocycles. The van der Waals surface area contributed by atoms with E-state index in [0.29, 0.717) is 28.5 Å². The molecule has 0 unspecified atom stereocenters. The molecule has 0 radical (unpaired) electrons. The van der Waals surface area contributed by atoms with Crippen molar-refractivity contribution in [3.05, 3.63) is 138 Å². The normalized spacial score (nSPS) is 13.6. The van der Waals surface area contributed by atoms with Crippen molar-refractivity contribution in [1.82, 2.24) is 5.43 Å². The Kier molecular flexibility index (Phi) is 6.76. The van der Waals surface area contributed by atoms with Gasteiger partial charge in [-0.25, -0.2) is 13.8 Å². The SMILES string of the molecule is O=C(N/N=C/c1cccc(OCc2ccccc2)c1)c1ccc(CN2c3cccc4cccc(c34)S2(=O)=O)cc1. The van der Waals surface area contributed by atoms with E-state index in [1.54, 1.807) is 42.6 Å². The van der Waals surface area contributed by atoms with Gasteiger partial charge in [-0.1, -0.05) is 78.9 Å². The molecule has 1 heterocycles. The number of hydrazone groups is 1. The Balaban J connectivity index is 1.08. The van der Waals surface area contributed by atoms with Crippen LogP contribution in [0.1, 0.15) is 27.0 Å². The summed E-state index contributed by atoms with van der Waals surface area (Å²) < 4.78 is 33.7. The van der Waals surface area contributed by atoms with Gasteiger partial charge in [0.15, 0.2) is 0 Å². The minimum atomic E-state index is -3.66. The number of carbonyl (C=O) groups is 1. The number of benzene rings is 5. The molecule has 0 bridgehead atoms. The lowest BCUT2D eigenvalue weighted by molar-refractivity contribution is 0.0955. The van der Waals surface area contributed by atoms with Gasteiger partial charge in [0.1, 0.15) is 12.4 Å². The molecule has 1 amide bonds. The Morgan fingerprint density at radius 3 is 2.38 bits per heavy atom. The van der Waals surface area contributed by atoms with E-state index >= 15 is 0 Å². The summed E-state index contributed by atoms with van der Waals surface area (Å²) >= 11 is 0. The van der Waals surface area contributed by atoms with Gasteiger partial charge in [-0.3, -0.25) is 9.10 Å². The first kappa shape index (κ1) is 25.3. The van der Waals surface area contributed by atoms with Crippen molar-refractivity contribution >= 4 is 38.6 Å². The molecule has 1 aliphatic rings. The third-order valence-corrected chi connectivity index (χ3v) is 8.51. The van der Waals surface area contributed by atoms with Gasteiger partial charge in [-0.05, 0) is 58.5 Å². The van der Waals surface area contributed by atoms with Crippen LogP contribution in [0.3, 0.4) is 0 Å². The molecule has 0 aromatic heterocycles. The summed E-state index contributed by atoms with van der Waals surface area (Å²) in [6.45, 7) is 0.624. The van der Waals surface area contributed by atoms with Crippen LogP contribution in [0.5, 0.6) is 5.75 Å². The van der Waals surface area contributed by atoms with Gasteiger partial charge in [0.2, 0.25) is 0 Å². The van der Waals surface area contributed by atoms with E-state index in [-0.39, 0.29) is 12.5 Å². The highest BCUT2D eigenvalue weighted by Crippen LogP contribution is 2.42.